The minimum absolute atomic E-state index is 0.105. The minimum atomic E-state index is -0.733. The molecule has 0 aromatic carbocycles. The van der Waals surface area contributed by atoms with Crippen LogP contribution in [0.5, 0.6) is 0 Å². The summed E-state index contributed by atoms with van der Waals surface area (Å²) in [7, 11) is 0. The topological polar surface area (TPSA) is 69.6 Å². The number of hydrogen-bond acceptors (Lipinski definition) is 3. The first kappa shape index (κ1) is 15.3. The number of nitrogens with one attached hydrogen (secondary N) is 1. The Bertz CT molecular complexity index is 340. The third-order valence-corrected chi connectivity index (χ3v) is 4.40. The molecule has 1 aliphatic heterocycles. The van der Waals surface area contributed by atoms with Gasteiger partial charge in [-0.2, -0.15) is 0 Å². The van der Waals surface area contributed by atoms with Crippen LogP contribution in [0.2, 0.25) is 0 Å². The van der Waals surface area contributed by atoms with E-state index in [1.807, 2.05) is 0 Å². The van der Waals surface area contributed by atoms with Crippen LogP contribution < -0.4 is 5.32 Å². The van der Waals surface area contributed by atoms with Crippen LogP contribution in [0.15, 0.2) is 0 Å². The summed E-state index contributed by atoms with van der Waals surface area (Å²) in [5.41, 5.74) is 0. The molecule has 0 spiro atoms. The molecular weight excluding hydrogens is 256 g/mol. The Kier molecular flexibility index (Phi) is 5.83. The Morgan fingerprint density at radius 1 is 1.10 bits per heavy atom. The van der Waals surface area contributed by atoms with Gasteiger partial charge in [0.05, 0.1) is 6.54 Å². The van der Waals surface area contributed by atoms with E-state index in [2.05, 4.69) is 10.2 Å². The van der Waals surface area contributed by atoms with Crippen LogP contribution in [0.3, 0.4) is 0 Å². The summed E-state index contributed by atoms with van der Waals surface area (Å²) in [6.45, 7) is 2.07. The van der Waals surface area contributed by atoms with Gasteiger partial charge in [0, 0.05) is 19.0 Å². The highest BCUT2D eigenvalue weighted by molar-refractivity contribution is 5.78. The van der Waals surface area contributed by atoms with E-state index in [-0.39, 0.29) is 18.2 Å². The number of aliphatic carboxylic acids is 1. The number of carboxylic acids is 1. The predicted octanol–water partition coefficient (Wildman–Crippen LogP) is 1.62. The summed E-state index contributed by atoms with van der Waals surface area (Å²) in [5, 5.41) is 12.0. The van der Waals surface area contributed by atoms with Crippen molar-refractivity contribution in [3.63, 3.8) is 0 Å². The summed E-state index contributed by atoms with van der Waals surface area (Å²) >= 11 is 0. The van der Waals surface area contributed by atoms with Crippen molar-refractivity contribution in [3.8, 4) is 0 Å². The highest BCUT2D eigenvalue weighted by Crippen LogP contribution is 2.20. The summed E-state index contributed by atoms with van der Waals surface area (Å²) in [6.07, 6.45) is 8.11. The molecule has 5 heteroatoms. The van der Waals surface area contributed by atoms with Crippen molar-refractivity contribution in [1.82, 2.24) is 10.2 Å². The Morgan fingerprint density at radius 3 is 2.55 bits per heavy atom. The molecule has 1 unspecified atom stereocenters. The Labute approximate surface area is 120 Å². The zero-order valence-electron chi connectivity index (χ0n) is 12.1. The first-order chi connectivity index (χ1) is 9.63. The van der Waals surface area contributed by atoms with E-state index in [0.717, 1.165) is 38.8 Å². The molecule has 1 amide bonds. The fourth-order valence-corrected chi connectivity index (χ4v) is 3.43. The van der Waals surface area contributed by atoms with Gasteiger partial charge >= 0.3 is 5.97 Å². The number of piperidine rings is 1. The van der Waals surface area contributed by atoms with Crippen molar-refractivity contribution in [2.24, 2.45) is 5.92 Å². The van der Waals surface area contributed by atoms with Gasteiger partial charge in [-0.05, 0) is 38.1 Å². The quantitative estimate of drug-likeness (QED) is 0.804. The molecule has 5 nitrogen and oxygen atoms in total. The number of carbonyl (C=O) groups excluding carboxylic acids is 1. The molecule has 20 heavy (non-hydrogen) atoms. The van der Waals surface area contributed by atoms with E-state index < -0.39 is 5.97 Å². The van der Waals surface area contributed by atoms with Crippen molar-refractivity contribution in [2.45, 2.75) is 57.4 Å². The third-order valence-electron chi connectivity index (χ3n) is 4.40. The summed E-state index contributed by atoms with van der Waals surface area (Å²) in [6, 6.07) is 0.357. The molecule has 0 bridgehead atoms. The smallest absolute Gasteiger partial charge is 0.303 e. The zero-order chi connectivity index (χ0) is 14.4. The minimum Gasteiger partial charge on any atom is -0.481 e. The molecule has 1 heterocycles. The fourth-order valence-electron chi connectivity index (χ4n) is 3.43. The van der Waals surface area contributed by atoms with Gasteiger partial charge in [0.25, 0.3) is 0 Å². The Hall–Kier alpha value is -1.10. The van der Waals surface area contributed by atoms with Gasteiger partial charge in [-0.3, -0.25) is 14.5 Å². The van der Waals surface area contributed by atoms with E-state index in [4.69, 9.17) is 5.11 Å². The Morgan fingerprint density at radius 2 is 1.85 bits per heavy atom. The molecule has 0 aromatic rings. The van der Waals surface area contributed by atoms with Gasteiger partial charge in [0.1, 0.15) is 0 Å². The molecule has 1 saturated heterocycles. The van der Waals surface area contributed by atoms with Crippen LogP contribution in [-0.2, 0) is 9.59 Å². The average Bonchev–Trinajstić information content (AvgIpc) is 2.39. The second kappa shape index (κ2) is 7.62. The van der Waals surface area contributed by atoms with E-state index in [1.54, 1.807) is 0 Å². The maximum Gasteiger partial charge on any atom is 0.303 e. The number of rotatable bonds is 5. The molecule has 2 N–H and O–H groups in total. The first-order valence-corrected chi connectivity index (χ1v) is 7.87. The number of amides is 1. The van der Waals surface area contributed by atoms with Crippen molar-refractivity contribution < 1.29 is 14.7 Å². The van der Waals surface area contributed by atoms with Crippen LogP contribution in [0.1, 0.15) is 51.4 Å². The predicted molar refractivity (Wildman–Crippen MR) is 76.4 cm³/mol. The first-order valence-electron chi connectivity index (χ1n) is 7.87. The molecular formula is C15H26N2O3. The summed E-state index contributed by atoms with van der Waals surface area (Å²) in [4.78, 5) is 24.9. The second-order valence-corrected chi connectivity index (χ2v) is 6.24. The van der Waals surface area contributed by atoms with Gasteiger partial charge < -0.3 is 10.4 Å². The normalized spacial score (nSPS) is 25.3. The number of carboxylic acid groups (broad SMARTS) is 1. The van der Waals surface area contributed by atoms with Crippen LogP contribution in [0.25, 0.3) is 0 Å². The molecule has 1 aliphatic carbocycles. The second-order valence-electron chi connectivity index (χ2n) is 6.24. The summed E-state index contributed by atoms with van der Waals surface area (Å²) < 4.78 is 0. The average molecular weight is 282 g/mol. The lowest BCUT2D eigenvalue weighted by Crippen LogP contribution is -2.45. The number of carbonyl (C=O) groups is 2. The maximum atomic E-state index is 12.0. The molecule has 0 radical (unpaired) electrons. The lowest BCUT2D eigenvalue weighted by molar-refractivity contribution is -0.138. The third kappa shape index (κ3) is 5.12. The lowest BCUT2D eigenvalue weighted by atomic mass is 9.94. The van der Waals surface area contributed by atoms with Gasteiger partial charge in [-0.1, -0.05) is 19.3 Å². The van der Waals surface area contributed by atoms with Crippen LogP contribution in [-0.4, -0.2) is 47.6 Å². The maximum absolute atomic E-state index is 12.0. The standard InChI is InChI=1S/C15H26N2O3/c18-14(16-13-6-2-1-3-7-13)11-17-8-4-5-12(10-17)9-15(19)20/h12-13H,1-11H2,(H,16,18)(H,19,20). The van der Waals surface area contributed by atoms with Crippen LogP contribution in [0, 0.1) is 5.92 Å². The number of likely N-dealkylation sites (tertiary alicyclic amines) is 1. The molecule has 2 fully saturated rings. The largest absolute Gasteiger partial charge is 0.481 e. The van der Waals surface area contributed by atoms with E-state index in [1.165, 1.54) is 19.3 Å². The van der Waals surface area contributed by atoms with E-state index in [9.17, 15) is 9.59 Å². The molecule has 1 atom stereocenters. The highest BCUT2D eigenvalue weighted by Gasteiger charge is 2.24. The van der Waals surface area contributed by atoms with Crippen molar-refractivity contribution in [2.75, 3.05) is 19.6 Å². The monoisotopic (exact) mass is 282 g/mol. The highest BCUT2D eigenvalue weighted by atomic mass is 16.4. The van der Waals surface area contributed by atoms with Crippen molar-refractivity contribution in [3.05, 3.63) is 0 Å². The summed E-state index contributed by atoms with van der Waals surface area (Å²) in [5.74, 6) is -0.430. The Balaban J connectivity index is 1.71. The SMILES string of the molecule is O=C(O)CC1CCCN(CC(=O)NC2CCCCC2)C1. The van der Waals surface area contributed by atoms with Crippen LogP contribution in [0.4, 0.5) is 0 Å². The van der Waals surface area contributed by atoms with Crippen molar-refractivity contribution >= 4 is 11.9 Å². The number of hydrogen-bond donors (Lipinski definition) is 2. The van der Waals surface area contributed by atoms with Gasteiger partial charge in [0.15, 0.2) is 0 Å². The molecule has 1 saturated carbocycles. The van der Waals surface area contributed by atoms with E-state index in [0.29, 0.717) is 12.6 Å². The molecule has 2 aliphatic rings. The van der Waals surface area contributed by atoms with Gasteiger partial charge in [-0.15, -0.1) is 0 Å². The molecule has 0 aromatic heterocycles. The van der Waals surface area contributed by atoms with Gasteiger partial charge in [-0.25, -0.2) is 0 Å². The van der Waals surface area contributed by atoms with E-state index >= 15 is 0 Å². The number of nitrogens with zero attached hydrogens (tertiary/aromatic N) is 1. The molecule has 114 valence electrons. The van der Waals surface area contributed by atoms with Crippen LogP contribution >= 0.6 is 0 Å². The van der Waals surface area contributed by atoms with Crippen molar-refractivity contribution in [1.29, 1.82) is 0 Å². The lowest BCUT2D eigenvalue weighted by Gasteiger charge is -2.32. The van der Waals surface area contributed by atoms with Gasteiger partial charge in [0.2, 0.25) is 5.91 Å². The zero-order valence-corrected chi connectivity index (χ0v) is 12.1. The molecule has 2 rings (SSSR count). The fraction of sp³-hybridized carbons (Fsp3) is 0.867.